The van der Waals surface area contributed by atoms with Crippen molar-refractivity contribution in [1.82, 2.24) is 5.16 Å². The van der Waals surface area contributed by atoms with Gasteiger partial charge in [-0.05, 0) is 18.2 Å². The van der Waals surface area contributed by atoms with Crippen LogP contribution in [0, 0.1) is 5.82 Å². The van der Waals surface area contributed by atoms with Crippen LogP contribution in [0.15, 0.2) is 22.7 Å². The topological polar surface area (TPSA) is 63.3 Å². The number of fused-ring (bicyclic) bond motifs is 1. The van der Waals surface area contributed by atoms with Gasteiger partial charge in [0.25, 0.3) is 0 Å². The maximum Gasteiger partial charge on any atom is 0.358 e. The molecule has 1 aromatic heterocycles. The van der Waals surface area contributed by atoms with E-state index in [2.05, 4.69) is 9.68 Å². The van der Waals surface area contributed by atoms with Crippen LogP contribution in [0.25, 0.3) is 11.0 Å². The molecule has 1 aromatic carbocycles. The van der Waals surface area contributed by atoms with Crippen molar-refractivity contribution in [2.24, 2.45) is 0 Å². The van der Waals surface area contributed by atoms with Crippen LogP contribution >= 0.6 is 0 Å². The molecule has 0 atom stereocenters. The van der Waals surface area contributed by atoms with Gasteiger partial charge in [0.1, 0.15) is 5.82 Å². The maximum absolute atomic E-state index is 12.7. The van der Waals surface area contributed by atoms with Gasteiger partial charge in [-0.15, -0.1) is 0 Å². The van der Waals surface area contributed by atoms with Crippen molar-refractivity contribution in [1.29, 1.82) is 0 Å². The van der Waals surface area contributed by atoms with Gasteiger partial charge in [-0.25, -0.2) is 9.18 Å². The number of nitrogens with zero attached hydrogens (tertiary/aromatic N) is 1. The van der Waals surface area contributed by atoms with E-state index in [1.807, 2.05) is 0 Å². The highest BCUT2D eigenvalue weighted by molar-refractivity contribution is 5.99. The molecule has 1 N–H and O–H groups in total. The van der Waals surface area contributed by atoms with Gasteiger partial charge in [0.05, 0.1) is 5.39 Å². The molecular weight excluding hydrogens is 177 g/mol. The molecule has 66 valence electrons. The molecule has 0 aliphatic carbocycles. The van der Waals surface area contributed by atoms with Gasteiger partial charge in [-0.1, -0.05) is 5.16 Å². The molecule has 0 saturated carbocycles. The van der Waals surface area contributed by atoms with Gasteiger partial charge >= 0.3 is 5.97 Å². The third kappa shape index (κ3) is 1.14. The predicted octanol–water partition coefficient (Wildman–Crippen LogP) is 1.67. The Balaban J connectivity index is 2.79. The molecule has 0 aliphatic rings. The summed E-state index contributed by atoms with van der Waals surface area (Å²) in [6, 6.07) is 3.60. The monoisotopic (exact) mass is 181 g/mol. The number of hydrogen-bond acceptors (Lipinski definition) is 3. The molecule has 5 heteroatoms. The van der Waals surface area contributed by atoms with Crippen LogP contribution in [0.5, 0.6) is 0 Å². The minimum atomic E-state index is -1.23. The first kappa shape index (κ1) is 7.72. The predicted molar refractivity (Wildman–Crippen MR) is 40.9 cm³/mol. The molecular formula is C8H4FNO3. The van der Waals surface area contributed by atoms with E-state index in [-0.39, 0.29) is 16.7 Å². The van der Waals surface area contributed by atoms with Crippen molar-refractivity contribution in [3.8, 4) is 0 Å². The van der Waals surface area contributed by atoms with Crippen LogP contribution in [-0.2, 0) is 0 Å². The number of carboxylic acids is 1. The van der Waals surface area contributed by atoms with E-state index in [4.69, 9.17) is 5.11 Å². The highest BCUT2D eigenvalue weighted by atomic mass is 19.1. The summed E-state index contributed by atoms with van der Waals surface area (Å²) in [5, 5.41) is 12.1. The molecule has 2 rings (SSSR count). The lowest BCUT2D eigenvalue weighted by Gasteiger charge is -1.88. The Hall–Kier alpha value is -1.91. The van der Waals surface area contributed by atoms with Crippen LogP contribution in [0.3, 0.4) is 0 Å². The lowest BCUT2D eigenvalue weighted by molar-refractivity contribution is 0.0688. The van der Waals surface area contributed by atoms with E-state index in [0.29, 0.717) is 0 Å². The summed E-state index contributed by atoms with van der Waals surface area (Å²) >= 11 is 0. The lowest BCUT2D eigenvalue weighted by atomic mass is 10.2. The summed E-state index contributed by atoms with van der Waals surface area (Å²) in [6.07, 6.45) is 0. The molecule has 0 fully saturated rings. The lowest BCUT2D eigenvalue weighted by Crippen LogP contribution is -1.96. The number of halogens is 1. The van der Waals surface area contributed by atoms with E-state index >= 15 is 0 Å². The SMILES string of the molecule is O=C(O)c1noc2ccc(F)cc12. The number of carbonyl (C=O) groups is 1. The number of hydrogen-bond donors (Lipinski definition) is 1. The second-order valence-corrected chi connectivity index (χ2v) is 2.48. The van der Waals surface area contributed by atoms with E-state index in [1.165, 1.54) is 12.1 Å². The first-order chi connectivity index (χ1) is 6.18. The zero-order chi connectivity index (χ0) is 9.42. The van der Waals surface area contributed by atoms with Crippen LogP contribution in [0.4, 0.5) is 4.39 Å². The zero-order valence-electron chi connectivity index (χ0n) is 6.32. The second kappa shape index (κ2) is 2.55. The summed E-state index contributed by atoms with van der Waals surface area (Å²) in [5.74, 6) is -1.75. The number of aromatic nitrogens is 1. The van der Waals surface area contributed by atoms with Gasteiger partial charge in [-0.2, -0.15) is 0 Å². The van der Waals surface area contributed by atoms with Gasteiger partial charge in [0, 0.05) is 0 Å². The molecule has 0 aliphatic heterocycles. The van der Waals surface area contributed by atoms with Crippen molar-refractivity contribution in [3.63, 3.8) is 0 Å². The summed E-state index contributed by atoms with van der Waals surface area (Å²) < 4.78 is 17.4. The number of rotatable bonds is 1. The molecule has 2 aromatic rings. The minimum Gasteiger partial charge on any atom is -0.476 e. The molecule has 0 radical (unpaired) electrons. The highest BCUT2D eigenvalue weighted by Crippen LogP contribution is 2.19. The van der Waals surface area contributed by atoms with E-state index < -0.39 is 11.8 Å². The average Bonchev–Trinajstić information content (AvgIpc) is 2.46. The fourth-order valence-corrected chi connectivity index (χ4v) is 1.07. The first-order valence-corrected chi connectivity index (χ1v) is 3.47. The van der Waals surface area contributed by atoms with Gasteiger partial charge in [0.2, 0.25) is 0 Å². The summed E-state index contributed by atoms with van der Waals surface area (Å²) in [4.78, 5) is 10.5. The summed E-state index contributed by atoms with van der Waals surface area (Å²) in [7, 11) is 0. The fourth-order valence-electron chi connectivity index (χ4n) is 1.07. The largest absolute Gasteiger partial charge is 0.476 e. The molecule has 0 amide bonds. The van der Waals surface area contributed by atoms with Crippen molar-refractivity contribution in [3.05, 3.63) is 29.7 Å². The van der Waals surface area contributed by atoms with E-state index in [0.717, 1.165) is 6.07 Å². The number of carboxylic acid groups (broad SMARTS) is 1. The fraction of sp³-hybridized carbons (Fsp3) is 0. The van der Waals surface area contributed by atoms with Crippen molar-refractivity contribution in [2.75, 3.05) is 0 Å². The summed E-state index contributed by atoms with van der Waals surface area (Å²) in [6.45, 7) is 0. The van der Waals surface area contributed by atoms with Crippen LogP contribution < -0.4 is 0 Å². The molecule has 1 heterocycles. The Morgan fingerprint density at radius 2 is 2.31 bits per heavy atom. The normalized spacial score (nSPS) is 10.5. The molecule has 4 nitrogen and oxygen atoms in total. The van der Waals surface area contributed by atoms with Crippen LogP contribution in [-0.4, -0.2) is 16.2 Å². The Morgan fingerprint density at radius 1 is 1.54 bits per heavy atom. The molecule has 0 unspecified atom stereocenters. The van der Waals surface area contributed by atoms with Crippen LogP contribution in [0.2, 0.25) is 0 Å². The third-order valence-corrected chi connectivity index (χ3v) is 1.63. The van der Waals surface area contributed by atoms with Crippen LogP contribution in [0.1, 0.15) is 10.5 Å². The zero-order valence-corrected chi connectivity index (χ0v) is 6.32. The van der Waals surface area contributed by atoms with Crippen molar-refractivity contribution < 1.29 is 18.8 Å². The molecule has 0 spiro atoms. The maximum atomic E-state index is 12.7. The van der Waals surface area contributed by atoms with Gasteiger partial charge in [-0.3, -0.25) is 0 Å². The highest BCUT2D eigenvalue weighted by Gasteiger charge is 2.14. The summed E-state index contributed by atoms with van der Waals surface area (Å²) in [5.41, 5.74) is -0.00620. The Bertz CT molecular complexity index is 477. The molecule has 13 heavy (non-hydrogen) atoms. The third-order valence-electron chi connectivity index (χ3n) is 1.63. The molecule has 0 bridgehead atoms. The van der Waals surface area contributed by atoms with Crippen molar-refractivity contribution in [2.45, 2.75) is 0 Å². The van der Waals surface area contributed by atoms with Gasteiger partial charge < -0.3 is 9.63 Å². The Labute approximate surface area is 71.6 Å². The number of benzene rings is 1. The minimum absolute atomic E-state index is 0.174. The smallest absolute Gasteiger partial charge is 0.358 e. The van der Waals surface area contributed by atoms with E-state index in [9.17, 15) is 9.18 Å². The average molecular weight is 181 g/mol. The van der Waals surface area contributed by atoms with Gasteiger partial charge in [0.15, 0.2) is 11.3 Å². The van der Waals surface area contributed by atoms with E-state index in [1.54, 1.807) is 0 Å². The Kier molecular flexibility index (Phi) is 1.51. The van der Waals surface area contributed by atoms with Crippen molar-refractivity contribution >= 4 is 16.9 Å². The number of aromatic carboxylic acids is 1. The Morgan fingerprint density at radius 3 is 3.00 bits per heavy atom. The standard InChI is InChI=1S/C8H4FNO3/c9-4-1-2-6-5(3-4)7(8(11)12)10-13-6/h1-3H,(H,11,12). The molecule has 0 saturated heterocycles. The first-order valence-electron chi connectivity index (χ1n) is 3.47. The second-order valence-electron chi connectivity index (χ2n) is 2.48. The quantitative estimate of drug-likeness (QED) is 0.726.